The Hall–Kier alpha value is -1.85. The molecule has 0 atom stereocenters. The topological polar surface area (TPSA) is 72.4 Å². The van der Waals surface area contributed by atoms with Crippen molar-refractivity contribution < 1.29 is 4.79 Å². The lowest BCUT2D eigenvalue weighted by Crippen LogP contribution is -2.34. The first kappa shape index (κ1) is 14.6. The fourth-order valence-electron chi connectivity index (χ4n) is 2.04. The van der Waals surface area contributed by atoms with Crippen molar-refractivity contribution in [2.45, 2.75) is 13.0 Å². The lowest BCUT2D eigenvalue weighted by atomic mass is 10.1. The number of benzene rings is 1. The molecular formula is C15H19N3OS. The van der Waals surface area contributed by atoms with Gasteiger partial charge in [0.05, 0.1) is 6.54 Å². The van der Waals surface area contributed by atoms with Crippen LogP contribution >= 0.6 is 11.3 Å². The van der Waals surface area contributed by atoms with Gasteiger partial charge in [-0.05, 0) is 46.5 Å². The third-order valence-electron chi connectivity index (χ3n) is 3.06. The second-order valence-corrected chi connectivity index (χ2v) is 5.58. The van der Waals surface area contributed by atoms with E-state index >= 15 is 0 Å². The second kappa shape index (κ2) is 7.07. The quantitative estimate of drug-likeness (QED) is 0.764. The maximum Gasteiger partial charge on any atom is 0.231 e. The van der Waals surface area contributed by atoms with E-state index in [0.29, 0.717) is 6.54 Å². The third kappa shape index (κ3) is 4.68. The van der Waals surface area contributed by atoms with E-state index in [-0.39, 0.29) is 12.5 Å². The predicted molar refractivity (Wildman–Crippen MR) is 83.3 cm³/mol. The summed E-state index contributed by atoms with van der Waals surface area (Å²) in [5, 5.41) is 4.19. The molecule has 2 rings (SSSR count). The maximum atomic E-state index is 11.2. The lowest BCUT2D eigenvalue weighted by Gasteiger charge is -2.20. The van der Waals surface area contributed by atoms with Gasteiger partial charge in [-0.1, -0.05) is 12.1 Å². The van der Waals surface area contributed by atoms with E-state index < -0.39 is 0 Å². The summed E-state index contributed by atoms with van der Waals surface area (Å²) in [5.74, 6) is -0.300. The fourth-order valence-corrected chi connectivity index (χ4v) is 2.74. The van der Waals surface area contributed by atoms with Crippen molar-refractivity contribution in [3.8, 4) is 0 Å². The number of anilines is 1. The van der Waals surface area contributed by atoms with Crippen molar-refractivity contribution in [1.29, 1.82) is 0 Å². The van der Waals surface area contributed by atoms with E-state index in [1.165, 1.54) is 5.56 Å². The normalized spacial score (nSPS) is 10.8. The molecule has 0 unspecified atom stereocenters. The molecule has 0 bridgehead atoms. The summed E-state index contributed by atoms with van der Waals surface area (Å²) in [6.07, 6.45) is 0.922. The van der Waals surface area contributed by atoms with Crippen LogP contribution in [0.5, 0.6) is 0 Å². The summed E-state index contributed by atoms with van der Waals surface area (Å²) in [6, 6.07) is 9.81. The monoisotopic (exact) mass is 289 g/mol. The second-order valence-electron chi connectivity index (χ2n) is 4.80. The summed E-state index contributed by atoms with van der Waals surface area (Å²) < 4.78 is 0. The Morgan fingerprint density at radius 3 is 2.50 bits per heavy atom. The zero-order valence-corrected chi connectivity index (χ0v) is 12.1. The molecule has 4 N–H and O–H groups in total. The Morgan fingerprint density at radius 2 is 1.90 bits per heavy atom. The van der Waals surface area contributed by atoms with Crippen LogP contribution in [0.3, 0.4) is 0 Å². The number of carbonyl (C=O) groups is 1. The first-order valence-corrected chi connectivity index (χ1v) is 7.44. The number of primary amides is 1. The Labute approximate surface area is 123 Å². The molecule has 5 heteroatoms. The molecule has 1 heterocycles. The van der Waals surface area contributed by atoms with Crippen LogP contribution in [-0.4, -0.2) is 23.9 Å². The van der Waals surface area contributed by atoms with Crippen molar-refractivity contribution in [3.05, 3.63) is 52.2 Å². The number of nitrogen functional groups attached to an aromatic ring is 1. The van der Waals surface area contributed by atoms with Gasteiger partial charge in [-0.15, -0.1) is 0 Å². The molecule has 20 heavy (non-hydrogen) atoms. The van der Waals surface area contributed by atoms with Crippen molar-refractivity contribution >= 4 is 22.9 Å². The average Bonchev–Trinajstić information content (AvgIpc) is 2.91. The Kier molecular flexibility index (Phi) is 5.15. The Bertz CT molecular complexity index is 537. The number of hydrogen-bond acceptors (Lipinski definition) is 4. The molecule has 0 aliphatic rings. The lowest BCUT2D eigenvalue weighted by molar-refractivity contribution is -0.119. The highest BCUT2D eigenvalue weighted by Crippen LogP contribution is 2.11. The minimum absolute atomic E-state index is 0.272. The van der Waals surface area contributed by atoms with Gasteiger partial charge < -0.3 is 11.5 Å². The minimum Gasteiger partial charge on any atom is -0.399 e. The molecule has 106 valence electrons. The number of rotatable bonds is 7. The van der Waals surface area contributed by atoms with Crippen LogP contribution in [0.25, 0.3) is 0 Å². The highest BCUT2D eigenvalue weighted by atomic mass is 32.1. The predicted octanol–water partition coefficient (Wildman–Crippen LogP) is 1.86. The van der Waals surface area contributed by atoms with E-state index in [4.69, 9.17) is 11.5 Å². The summed E-state index contributed by atoms with van der Waals surface area (Å²) in [6.45, 7) is 1.78. The molecule has 0 fully saturated rings. The van der Waals surface area contributed by atoms with Crippen molar-refractivity contribution in [2.24, 2.45) is 5.73 Å². The van der Waals surface area contributed by atoms with Gasteiger partial charge in [0.1, 0.15) is 0 Å². The van der Waals surface area contributed by atoms with Gasteiger partial charge in [-0.25, -0.2) is 0 Å². The molecule has 4 nitrogen and oxygen atoms in total. The van der Waals surface area contributed by atoms with Crippen LogP contribution in [0.4, 0.5) is 5.69 Å². The van der Waals surface area contributed by atoms with Gasteiger partial charge in [-0.2, -0.15) is 11.3 Å². The van der Waals surface area contributed by atoms with Crippen molar-refractivity contribution in [3.63, 3.8) is 0 Å². The molecule has 0 spiro atoms. The summed E-state index contributed by atoms with van der Waals surface area (Å²) >= 11 is 1.69. The number of hydrogen-bond donors (Lipinski definition) is 2. The van der Waals surface area contributed by atoms with Crippen LogP contribution in [0.15, 0.2) is 41.1 Å². The maximum absolute atomic E-state index is 11.2. The summed E-state index contributed by atoms with van der Waals surface area (Å²) in [5.41, 5.74) is 14.2. The molecule has 0 aliphatic heterocycles. The van der Waals surface area contributed by atoms with E-state index in [2.05, 4.69) is 21.7 Å². The summed E-state index contributed by atoms with van der Waals surface area (Å²) in [4.78, 5) is 13.2. The number of carbonyl (C=O) groups excluding carboxylic acids is 1. The number of nitrogens with zero attached hydrogens (tertiary/aromatic N) is 1. The smallest absolute Gasteiger partial charge is 0.231 e. The third-order valence-corrected chi connectivity index (χ3v) is 3.79. The Balaban J connectivity index is 1.95. The zero-order chi connectivity index (χ0) is 14.4. The SMILES string of the molecule is NC(=O)CN(CCc1ccsc1)Cc1ccc(N)cc1. The van der Waals surface area contributed by atoms with E-state index in [1.807, 2.05) is 24.3 Å². The van der Waals surface area contributed by atoms with Gasteiger partial charge in [-0.3, -0.25) is 9.69 Å². The number of nitrogens with two attached hydrogens (primary N) is 2. The van der Waals surface area contributed by atoms with Crippen LogP contribution in [0.2, 0.25) is 0 Å². The molecular weight excluding hydrogens is 270 g/mol. The first-order chi connectivity index (χ1) is 9.63. The molecule has 1 amide bonds. The van der Waals surface area contributed by atoms with E-state index in [1.54, 1.807) is 11.3 Å². The van der Waals surface area contributed by atoms with Crippen molar-refractivity contribution in [1.82, 2.24) is 4.90 Å². The molecule has 0 aliphatic carbocycles. The van der Waals surface area contributed by atoms with Crippen LogP contribution < -0.4 is 11.5 Å². The molecule has 0 saturated heterocycles. The molecule has 2 aromatic rings. The molecule has 0 radical (unpaired) electrons. The zero-order valence-electron chi connectivity index (χ0n) is 11.3. The van der Waals surface area contributed by atoms with Crippen LogP contribution in [0, 0.1) is 0 Å². The van der Waals surface area contributed by atoms with Crippen LogP contribution in [-0.2, 0) is 17.8 Å². The van der Waals surface area contributed by atoms with Gasteiger partial charge >= 0.3 is 0 Å². The average molecular weight is 289 g/mol. The highest BCUT2D eigenvalue weighted by molar-refractivity contribution is 7.07. The Morgan fingerprint density at radius 1 is 1.15 bits per heavy atom. The van der Waals surface area contributed by atoms with Gasteiger partial charge in [0.15, 0.2) is 0 Å². The highest BCUT2D eigenvalue weighted by Gasteiger charge is 2.09. The molecule has 1 aromatic heterocycles. The molecule has 0 saturated carbocycles. The van der Waals surface area contributed by atoms with E-state index in [0.717, 1.165) is 24.2 Å². The minimum atomic E-state index is -0.300. The first-order valence-electron chi connectivity index (χ1n) is 6.49. The van der Waals surface area contributed by atoms with Gasteiger partial charge in [0.2, 0.25) is 5.91 Å². The van der Waals surface area contributed by atoms with Gasteiger partial charge in [0.25, 0.3) is 0 Å². The molecule has 1 aromatic carbocycles. The number of thiophene rings is 1. The standard InChI is InChI=1S/C15H19N3OS/c16-14-3-1-12(2-4-14)9-18(10-15(17)19)7-5-13-6-8-20-11-13/h1-4,6,8,11H,5,7,9-10,16H2,(H2,17,19). The fraction of sp³-hybridized carbons (Fsp3) is 0.267. The van der Waals surface area contributed by atoms with Gasteiger partial charge in [0, 0.05) is 18.8 Å². The summed E-state index contributed by atoms with van der Waals surface area (Å²) in [7, 11) is 0. The van der Waals surface area contributed by atoms with Crippen LogP contribution in [0.1, 0.15) is 11.1 Å². The van der Waals surface area contributed by atoms with Crippen molar-refractivity contribution in [2.75, 3.05) is 18.8 Å². The number of amides is 1. The van der Waals surface area contributed by atoms with E-state index in [9.17, 15) is 4.79 Å². The largest absolute Gasteiger partial charge is 0.399 e.